The van der Waals surface area contributed by atoms with Gasteiger partial charge in [0.2, 0.25) is 11.8 Å². The monoisotopic (exact) mass is 289 g/mol. The Morgan fingerprint density at radius 2 is 2.14 bits per heavy atom. The van der Waals surface area contributed by atoms with Crippen LogP contribution in [0.25, 0.3) is 0 Å². The normalized spacial score (nSPS) is 18.2. The van der Waals surface area contributed by atoms with Gasteiger partial charge in [0.05, 0.1) is 13.0 Å². The van der Waals surface area contributed by atoms with Gasteiger partial charge in [-0.1, -0.05) is 24.3 Å². The van der Waals surface area contributed by atoms with Gasteiger partial charge in [-0.15, -0.1) is 0 Å². The smallest absolute Gasteiger partial charge is 0.237 e. The number of nitrogens with zero attached hydrogens (tertiary/aromatic N) is 1. The minimum absolute atomic E-state index is 0.00292. The van der Waals surface area contributed by atoms with Crippen LogP contribution >= 0.6 is 0 Å². The zero-order valence-electron chi connectivity index (χ0n) is 12.5. The van der Waals surface area contributed by atoms with Crippen molar-refractivity contribution < 1.29 is 9.59 Å². The third-order valence-corrected chi connectivity index (χ3v) is 3.96. The Morgan fingerprint density at radius 1 is 1.38 bits per heavy atom. The summed E-state index contributed by atoms with van der Waals surface area (Å²) in [4.78, 5) is 25.5. The lowest BCUT2D eigenvalue weighted by Crippen LogP contribution is -2.51. The Bertz CT molecular complexity index is 510. The van der Waals surface area contributed by atoms with Crippen molar-refractivity contribution in [3.05, 3.63) is 35.4 Å². The molecule has 0 saturated carbocycles. The van der Waals surface area contributed by atoms with E-state index in [4.69, 9.17) is 5.73 Å². The topological polar surface area (TPSA) is 75.4 Å². The molecule has 0 aromatic heterocycles. The molecule has 2 rings (SSSR count). The van der Waals surface area contributed by atoms with Crippen molar-refractivity contribution in [2.45, 2.75) is 32.2 Å². The van der Waals surface area contributed by atoms with Crippen LogP contribution in [0.1, 0.15) is 24.0 Å². The number of nitrogens with two attached hydrogens (primary N) is 1. The number of primary amides is 1. The van der Waals surface area contributed by atoms with E-state index in [1.54, 1.807) is 4.90 Å². The van der Waals surface area contributed by atoms with Gasteiger partial charge in [0, 0.05) is 12.6 Å². The highest BCUT2D eigenvalue weighted by atomic mass is 16.2. The first kappa shape index (κ1) is 15.5. The quantitative estimate of drug-likeness (QED) is 0.833. The molecule has 1 unspecified atom stereocenters. The SMILES string of the molecule is Cc1ccccc1CC(=O)N(CC(N)=O)C1CCCNC1. The van der Waals surface area contributed by atoms with Crippen LogP contribution in [-0.2, 0) is 16.0 Å². The van der Waals surface area contributed by atoms with Crippen LogP contribution in [0.15, 0.2) is 24.3 Å². The van der Waals surface area contributed by atoms with E-state index in [9.17, 15) is 9.59 Å². The third-order valence-electron chi connectivity index (χ3n) is 3.96. The van der Waals surface area contributed by atoms with Gasteiger partial charge in [0.25, 0.3) is 0 Å². The molecule has 5 nitrogen and oxygen atoms in total. The van der Waals surface area contributed by atoms with Crippen molar-refractivity contribution in [2.75, 3.05) is 19.6 Å². The Labute approximate surface area is 125 Å². The van der Waals surface area contributed by atoms with Gasteiger partial charge in [-0.25, -0.2) is 0 Å². The summed E-state index contributed by atoms with van der Waals surface area (Å²) in [5.41, 5.74) is 7.40. The molecule has 1 aromatic carbocycles. The number of benzene rings is 1. The van der Waals surface area contributed by atoms with E-state index in [0.29, 0.717) is 6.42 Å². The summed E-state index contributed by atoms with van der Waals surface area (Å²) in [6.07, 6.45) is 2.24. The van der Waals surface area contributed by atoms with Crippen LogP contribution in [0.3, 0.4) is 0 Å². The molecule has 1 aromatic rings. The number of piperidine rings is 1. The molecule has 1 heterocycles. The van der Waals surface area contributed by atoms with E-state index in [1.165, 1.54) is 0 Å². The van der Waals surface area contributed by atoms with Crippen molar-refractivity contribution in [3.63, 3.8) is 0 Å². The van der Waals surface area contributed by atoms with Gasteiger partial charge in [0.1, 0.15) is 0 Å². The summed E-state index contributed by atoms with van der Waals surface area (Å²) in [7, 11) is 0. The maximum atomic E-state index is 12.6. The molecule has 0 spiro atoms. The zero-order valence-corrected chi connectivity index (χ0v) is 12.5. The molecule has 0 bridgehead atoms. The van der Waals surface area contributed by atoms with E-state index < -0.39 is 5.91 Å². The second-order valence-corrected chi connectivity index (χ2v) is 5.59. The number of amides is 2. The van der Waals surface area contributed by atoms with Crippen LogP contribution in [0, 0.1) is 6.92 Å². The maximum absolute atomic E-state index is 12.6. The molecule has 1 atom stereocenters. The lowest BCUT2D eigenvalue weighted by Gasteiger charge is -2.34. The van der Waals surface area contributed by atoms with Crippen LogP contribution in [0.4, 0.5) is 0 Å². The fraction of sp³-hybridized carbons (Fsp3) is 0.500. The number of nitrogens with one attached hydrogen (secondary N) is 1. The van der Waals surface area contributed by atoms with Gasteiger partial charge in [-0.05, 0) is 37.4 Å². The maximum Gasteiger partial charge on any atom is 0.237 e. The molecule has 0 radical (unpaired) electrons. The minimum Gasteiger partial charge on any atom is -0.368 e. The van der Waals surface area contributed by atoms with E-state index >= 15 is 0 Å². The first-order valence-electron chi connectivity index (χ1n) is 7.41. The van der Waals surface area contributed by atoms with Crippen LogP contribution < -0.4 is 11.1 Å². The van der Waals surface area contributed by atoms with Gasteiger partial charge in [-0.2, -0.15) is 0 Å². The average Bonchev–Trinajstić information content (AvgIpc) is 2.48. The van der Waals surface area contributed by atoms with E-state index in [1.807, 2.05) is 31.2 Å². The molecular weight excluding hydrogens is 266 g/mol. The number of rotatable bonds is 5. The number of hydrogen-bond acceptors (Lipinski definition) is 3. The zero-order chi connectivity index (χ0) is 15.2. The summed E-state index contributed by atoms with van der Waals surface area (Å²) in [5.74, 6) is -0.490. The minimum atomic E-state index is -0.460. The first-order chi connectivity index (χ1) is 10.1. The highest BCUT2D eigenvalue weighted by Gasteiger charge is 2.26. The molecule has 1 saturated heterocycles. The standard InChI is InChI=1S/C16H23N3O2/c1-12-5-2-3-6-13(12)9-16(21)19(11-15(17)20)14-7-4-8-18-10-14/h2-3,5-6,14,18H,4,7-11H2,1H3,(H2,17,20). The average molecular weight is 289 g/mol. The van der Waals surface area contributed by atoms with Gasteiger partial charge in [-0.3, -0.25) is 9.59 Å². The molecule has 0 aliphatic carbocycles. The third kappa shape index (κ3) is 4.29. The summed E-state index contributed by atoms with van der Waals surface area (Å²) in [5, 5.41) is 3.27. The predicted molar refractivity (Wildman–Crippen MR) is 81.7 cm³/mol. The molecule has 2 amide bonds. The van der Waals surface area contributed by atoms with Crippen LogP contribution in [-0.4, -0.2) is 42.4 Å². The fourth-order valence-electron chi connectivity index (χ4n) is 2.76. The first-order valence-corrected chi connectivity index (χ1v) is 7.41. The Hall–Kier alpha value is -1.88. The molecule has 1 fully saturated rings. The van der Waals surface area contributed by atoms with Crippen molar-refractivity contribution in [1.82, 2.24) is 10.2 Å². The second kappa shape index (κ2) is 7.22. The highest BCUT2D eigenvalue weighted by Crippen LogP contribution is 2.14. The van der Waals surface area contributed by atoms with Crippen molar-refractivity contribution in [2.24, 2.45) is 5.73 Å². The van der Waals surface area contributed by atoms with E-state index in [0.717, 1.165) is 37.1 Å². The summed E-state index contributed by atoms with van der Waals surface area (Å²) < 4.78 is 0. The van der Waals surface area contributed by atoms with Crippen LogP contribution in [0.5, 0.6) is 0 Å². The molecule has 1 aliphatic heterocycles. The summed E-state index contributed by atoms with van der Waals surface area (Å²) >= 11 is 0. The van der Waals surface area contributed by atoms with Crippen molar-refractivity contribution in [1.29, 1.82) is 0 Å². The van der Waals surface area contributed by atoms with Gasteiger partial charge < -0.3 is 16.0 Å². The number of carbonyl (C=O) groups is 2. The molecule has 114 valence electrons. The number of carbonyl (C=O) groups excluding carboxylic acids is 2. The van der Waals surface area contributed by atoms with Gasteiger partial charge >= 0.3 is 0 Å². The lowest BCUT2D eigenvalue weighted by molar-refractivity contribution is -0.137. The van der Waals surface area contributed by atoms with Crippen LogP contribution in [0.2, 0.25) is 0 Å². The largest absolute Gasteiger partial charge is 0.368 e. The van der Waals surface area contributed by atoms with Crippen molar-refractivity contribution in [3.8, 4) is 0 Å². The number of hydrogen-bond donors (Lipinski definition) is 2. The van der Waals surface area contributed by atoms with E-state index in [-0.39, 0.29) is 18.5 Å². The molecule has 5 heteroatoms. The molecule has 3 N–H and O–H groups in total. The Balaban J connectivity index is 2.10. The van der Waals surface area contributed by atoms with E-state index in [2.05, 4.69) is 5.32 Å². The van der Waals surface area contributed by atoms with Crippen molar-refractivity contribution >= 4 is 11.8 Å². The fourth-order valence-corrected chi connectivity index (χ4v) is 2.76. The second-order valence-electron chi connectivity index (χ2n) is 5.59. The lowest BCUT2D eigenvalue weighted by atomic mass is 10.0. The molecule has 21 heavy (non-hydrogen) atoms. The summed E-state index contributed by atoms with van der Waals surface area (Å²) in [6.45, 7) is 3.68. The molecular formula is C16H23N3O2. The van der Waals surface area contributed by atoms with Gasteiger partial charge in [0.15, 0.2) is 0 Å². The molecule has 1 aliphatic rings. The number of aryl methyl sites for hydroxylation is 1. The summed E-state index contributed by atoms with van der Waals surface area (Å²) in [6, 6.07) is 7.88. The highest BCUT2D eigenvalue weighted by molar-refractivity contribution is 5.85. The predicted octanol–water partition coefficient (Wildman–Crippen LogP) is 0.603. The Kier molecular flexibility index (Phi) is 5.33. The Morgan fingerprint density at radius 3 is 2.76 bits per heavy atom.